The van der Waals surface area contributed by atoms with Crippen molar-refractivity contribution in [3.8, 4) is 0 Å². The lowest BCUT2D eigenvalue weighted by atomic mass is 10.3. The van der Waals surface area contributed by atoms with Gasteiger partial charge >= 0.3 is 0 Å². The van der Waals surface area contributed by atoms with Crippen molar-refractivity contribution in [2.75, 3.05) is 0 Å². The van der Waals surface area contributed by atoms with Crippen LogP contribution in [0.1, 0.15) is 26.5 Å². The molecule has 15 heavy (non-hydrogen) atoms. The van der Waals surface area contributed by atoms with Crippen LogP contribution in [-0.4, -0.2) is 20.5 Å². The van der Waals surface area contributed by atoms with Gasteiger partial charge in [0.25, 0.3) is 0 Å². The van der Waals surface area contributed by atoms with Crippen LogP contribution in [0.25, 0.3) is 0 Å². The second-order valence-corrected chi connectivity index (χ2v) is 6.31. The van der Waals surface area contributed by atoms with Gasteiger partial charge in [-0.25, -0.2) is 0 Å². The lowest BCUT2D eigenvalue weighted by molar-refractivity contribution is 0.562. The first-order chi connectivity index (χ1) is 6.91. The van der Waals surface area contributed by atoms with Gasteiger partial charge in [-0.1, -0.05) is 16.0 Å². The summed E-state index contributed by atoms with van der Waals surface area (Å²) in [5, 5.41) is 0.507. The summed E-state index contributed by atoms with van der Waals surface area (Å²) in [4.78, 5) is 4.02. The van der Waals surface area contributed by atoms with Crippen LogP contribution < -0.4 is 0 Å². The van der Waals surface area contributed by atoms with Crippen molar-refractivity contribution in [2.24, 2.45) is 4.40 Å². The monoisotopic (exact) mass is 244 g/mol. The molecule has 3 nitrogen and oxygen atoms in total. The molecule has 1 aromatic rings. The van der Waals surface area contributed by atoms with E-state index in [4.69, 9.17) is 11.6 Å². The van der Waals surface area contributed by atoms with Crippen molar-refractivity contribution >= 4 is 29.2 Å². The van der Waals surface area contributed by atoms with Gasteiger partial charge in [-0.05, 0) is 32.9 Å². The van der Waals surface area contributed by atoms with Crippen LogP contribution >= 0.6 is 11.6 Å². The molecule has 1 rings (SSSR count). The van der Waals surface area contributed by atoms with E-state index in [1.807, 2.05) is 20.8 Å². The largest absolute Gasteiger partial charge is 0.591 e. The molecule has 0 aliphatic rings. The Morgan fingerprint density at radius 2 is 2.20 bits per heavy atom. The molecule has 0 spiro atoms. The van der Waals surface area contributed by atoms with Crippen LogP contribution in [0.2, 0.25) is 5.02 Å². The fourth-order valence-corrected chi connectivity index (χ4v) is 1.43. The molecule has 82 valence electrons. The van der Waals surface area contributed by atoms with Crippen LogP contribution in [-0.2, 0) is 11.4 Å². The Kier molecular flexibility index (Phi) is 4.13. The molecule has 0 amide bonds. The number of hydrogen-bond acceptors (Lipinski definition) is 3. The first-order valence-corrected chi connectivity index (χ1v) is 5.96. The molecule has 0 fully saturated rings. The van der Waals surface area contributed by atoms with Gasteiger partial charge in [-0.3, -0.25) is 4.98 Å². The highest BCUT2D eigenvalue weighted by molar-refractivity contribution is 7.91. The van der Waals surface area contributed by atoms with Gasteiger partial charge in [0.2, 0.25) is 0 Å². The third-order valence-corrected chi connectivity index (χ3v) is 3.25. The zero-order chi connectivity index (χ0) is 11.5. The SMILES string of the molecule is CC(C)(C)[S@+]([O-])/N=C/c1ncccc1Cl. The summed E-state index contributed by atoms with van der Waals surface area (Å²) in [7, 11) is 0. The Morgan fingerprint density at radius 3 is 2.73 bits per heavy atom. The minimum Gasteiger partial charge on any atom is -0.591 e. The second kappa shape index (κ2) is 4.96. The minimum absolute atomic E-state index is 0.363. The third kappa shape index (κ3) is 3.81. The van der Waals surface area contributed by atoms with E-state index < -0.39 is 11.4 Å². The second-order valence-electron chi connectivity index (χ2n) is 3.97. The average Bonchev–Trinajstić information content (AvgIpc) is 2.14. The highest BCUT2D eigenvalue weighted by atomic mass is 35.5. The topological polar surface area (TPSA) is 48.3 Å². The van der Waals surface area contributed by atoms with Crippen molar-refractivity contribution in [1.82, 2.24) is 4.98 Å². The molecular formula is C10H13ClN2OS. The van der Waals surface area contributed by atoms with Gasteiger partial charge in [-0.2, -0.15) is 0 Å². The van der Waals surface area contributed by atoms with E-state index in [-0.39, 0.29) is 4.75 Å². The minimum atomic E-state index is -1.28. The van der Waals surface area contributed by atoms with Crippen LogP contribution in [0.4, 0.5) is 0 Å². The lowest BCUT2D eigenvalue weighted by Crippen LogP contribution is -2.25. The van der Waals surface area contributed by atoms with Crippen molar-refractivity contribution < 1.29 is 4.55 Å². The summed E-state index contributed by atoms with van der Waals surface area (Å²) >= 11 is 4.59. The average molecular weight is 245 g/mol. The van der Waals surface area contributed by atoms with Gasteiger partial charge in [0.15, 0.2) is 0 Å². The molecule has 1 heterocycles. The van der Waals surface area contributed by atoms with Crippen molar-refractivity contribution in [1.29, 1.82) is 0 Å². The van der Waals surface area contributed by atoms with E-state index in [9.17, 15) is 4.55 Å². The van der Waals surface area contributed by atoms with Gasteiger partial charge in [0.1, 0.15) is 28.0 Å². The number of halogens is 1. The van der Waals surface area contributed by atoms with E-state index >= 15 is 0 Å². The predicted molar refractivity (Wildman–Crippen MR) is 64.7 cm³/mol. The number of hydrogen-bond donors (Lipinski definition) is 0. The molecule has 0 aliphatic carbocycles. The maximum Gasteiger partial charge on any atom is 0.144 e. The van der Waals surface area contributed by atoms with E-state index in [0.29, 0.717) is 10.7 Å². The van der Waals surface area contributed by atoms with Crippen LogP contribution in [0.5, 0.6) is 0 Å². The maximum atomic E-state index is 11.6. The molecule has 0 saturated carbocycles. The quantitative estimate of drug-likeness (QED) is 0.593. The summed E-state index contributed by atoms with van der Waals surface area (Å²) in [5.74, 6) is 0. The summed E-state index contributed by atoms with van der Waals surface area (Å²) in [6.07, 6.45) is 3.07. The zero-order valence-corrected chi connectivity index (χ0v) is 10.5. The predicted octanol–water partition coefficient (Wildman–Crippen LogP) is 2.62. The standard InChI is InChI=1S/C10H13ClN2OS/c1-10(2,3)15(14)13-7-9-8(11)5-4-6-12-9/h4-7H,1-3H3/b13-7+/t15-/m0/s1. The summed E-state index contributed by atoms with van der Waals surface area (Å²) in [5.41, 5.74) is 0.539. The fourth-order valence-electron chi connectivity index (χ4n) is 0.749. The molecule has 0 unspecified atom stereocenters. The van der Waals surface area contributed by atoms with Crippen LogP contribution in [0.15, 0.2) is 22.7 Å². The number of pyridine rings is 1. The Balaban J connectivity index is 2.79. The maximum absolute atomic E-state index is 11.6. The van der Waals surface area contributed by atoms with Crippen molar-refractivity contribution in [2.45, 2.75) is 25.5 Å². The Hall–Kier alpha value is -0.580. The number of rotatable bonds is 2. The third-order valence-electron chi connectivity index (χ3n) is 1.58. The van der Waals surface area contributed by atoms with Crippen molar-refractivity contribution in [3.05, 3.63) is 29.0 Å². The van der Waals surface area contributed by atoms with Gasteiger partial charge in [0.05, 0.1) is 5.02 Å². The number of aromatic nitrogens is 1. The molecule has 1 atom stereocenters. The van der Waals surface area contributed by atoms with Gasteiger partial charge < -0.3 is 4.55 Å². The molecule has 0 bridgehead atoms. The zero-order valence-electron chi connectivity index (χ0n) is 8.90. The highest BCUT2D eigenvalue weighted by Crippen LogP contribution is 2.17. The molecule has 0 aromatic carbocycles. The first-order valence-electron chi connectivity index (χ1n) is 4.48. The fraction of sp³-hybridized carbons (Fsp3) is 0.400. The van der Waals surface area contributed by atoms with Gasteiger partial charge in [-0.15, -0.1) is 0 Å². The number of nitrogens with zero attached hydrogens (tertiary/aromatic N) is 2. The Morgan fingerprint density at radius 1 is 1.53 bits per heavy atom. The molecular weight excluding hydrogens is 232 g/mol. The van der Waals surface area contributed by atoms with E-state index in [1.54, 1.807) is 18.3 Å². The molecule has 1 aromatic heterocycles. The Labute approximate surface area is 97.9 Å². The molecule has 0 N–H and O–H groups in total. The highest BCUT2D eigenvalue weighted by Gasteiger charge is 2.25. The van der Waals surface area contributed by atoms with Crippen LogP contribution in [0, 0.1) is 0 Å². The molecule has 0 radical (unpaired) electrons. The van der Waals surface area contributed by atoms with E-state index in [0.717, 1.165) is 0 Å². The smallest absolute Gasteiger partial charge is 0.144 e. The molecule has 0 saturated heterocycles. The first kappa shape index (κ1) is 12.5. The van der Waals surface area contributed by atoms with E-state index in [1.165, 1.54) is 6.21 Å². The van der Waals surface area contributed by atoms with Gasteiger partial charge in [0, 0.05) is 6.20 Å². The lowest BCUT2D eigenvalue weighted by Gasteiger charge is -2.17. The van der Waals surface area contributed by atoms with Crippen molar-refractivity contribution in [3.63, 3.8) is 0 Å². The van der Waals surface area contributed by atoms with Crippen LogP contribution in [0.3, 0.4) is 0 Å². The normalized spacial score (nSPS) is 14.5. The summed E-state index contributed by atoms with van der Waals surface area (Å²) < 4.78 is 15.2. The van der Waals surface area contributed by atoms with E-state index in [2.05, 4.69) is 9.38 Å². The summed E-state index contributed by atoms with van der Waals surface area (Å²) in [6, 6.07) is 3.45. The Bertz CT molecular complexity index is 363. The molecule has 5 heteroatoms. The molecule has 0 aliphatic heterocycles. The summed E-state index contributed by atoms with van der Waals surface area (Å²) in [6.45, 7) is 5.58.